The molecule has 27 heavy (non-hydrogen) atoms. The van der Waals surface area contributed by atoms with Crippen LogP contribution in [0.2, 0.25) is 0 Å². The lowest BCUT2D eigenvalue weighted by Gasteiger charge is -2.14. The van der Waals surface area contributed by atoms with Gasteiger partial charge in [0.1, 0.15) is 5.75 Å². The van der Waals surface area contributed by atoms with Gasteiger partial charge in [0.15, 0.2) is 18.1 Å². The lowest BCUT2D eigenvalue weighted by atomic mass is 10.1. The maximum atomic E-state index is 10.8. The van der Waals surface area contributed by atoms with Crippen molar-refractivity contribution in [1.29, 1.82) is 0 Å². The van der Waals surface area contributed by atoms with E-state index in [0.717, 1.165) is 22.6 Å². The van der Waals surface area contributed by atoms with E-state index in [-0.39, 0.29) is 0 Å². The zero-order chi connectivity index (χ0) is 19.6. The quantitative estimate of drug-likeness (QED) is 0.505. The molecule has 0 atom stereocenters. The molecule has 0 aliphatic heterocycles. The number of carboxylic acids is 1. The van der Waals surface area contributed by atoms with Gasteiger partial charge in [-0.15, -0.1) is 6.58 Å². The van der Waals surface area contributed by atoms with E-state index in [1.165, 1.54) is 7.11 Å². The Hall–Kier alpha value is -3.28. The molecule has 0 saturated carbocycles. The van der Waals surface area contributed by atoms with Crippen molar-refractivity contribution in [2.45, 2.75) is 13.3 Å². The highest BCUT2D eigenvalue weighted by molar-refractivity contribution is 5.84. The number of hydrogen-bond donors (Lipinski definition) is 1. The van der Waals surface area contributed by atoms with Gasteiger partial charge in [0.05, 0.1) is 19.4 Å². The van der Waals surface area contributed by atoms with Crippen LogP contribution in [0, 0.1) is 0 Å². The molecule has 0 radical (unpaired) electrons. The molecule has 0 bridgehead atoms. The minimum absolute atomic E-state index is 0.398. The molecule has 0 aliphatic rings. The molecule has 2 rings (SSSR count). The van der Waals surface area contributed by atoms with Gasteiger partial charge in [0.2, 0.25) is 0 Å². The first kappa shape index (κ1) is 20.0. The molecule has 0 heterocycles. The number of carbonyl (C=O) groups is 1. The number of rotatable bonds is 10. The topological polar surface area (TPSA) is 77.3 Å². The lowest BCUT2D eigenvalue weighted by Crippen LogP contribution is -2.11. The molecule has 6 heteroatoms. The summed E-state index contributed by atoms with van der Waals surface area (Å²) in [5, 5.41) is 8.87. The molecule has 2 aromatic carbocycles. The van der Waals surface area contributed by atoms with E-state index < -0.39 is 12.6 Å². The molecule has 0 saturated heterocycles. The van der Waals surface area contributed by atoms with E-state index in [4.69, 9.17) is 19.3 Å². The number of nitrogens with zero attached hydrogens (tertiary/aromatic N) is 1. The molecular formula is C21H23NO5. The van der Waals surface area contributed by atoms with Crippen LogP contribution in [0.25, 0.3) is 0 Å². The minimum atomic E-state index is -1.05. The smallest absolute Gasteiger partial charge is 0.341 e. The van der Waals surface area contributed by atoms with Crippen LogP contribution in [0.15, 0.2) is 54.0 Å². The number of methoxy groups -OCH3 is 1. The van der Waals surface area contributed by atoms with E-state index in [2.05, 4.69) is 11.6 Å². The summed E-state index contributed by atoms with van der Waals surface area (Å²) in [6.07, 6.45) is 3.93. The van der Waals surface area contributed by atoms with Gasteiger partial charge in [0.25, 0.3) is 0 Å². The fourth-order valence-electron chi connectivity index (χ4n) is 2.48. The number of allylic oxidation sites excluding steroid dienone is 1. The van der Waals surface area contributed by atoms with Gasteiger partial charge in [0, 0.05) is 17.8 Å². The number of hydrogen-bond acceptors (Lipinski definition) is 5. The maximum Gasteiger partial charge on any atom is 0.341 e. The summed E-state index contributed by atoms with van der Waals surface area (Å²) < 4.78 is 16.3. The molecule has 0 aliphatic carbocycles. The summed E-state index contributed by atoms with van der Waals surface area (Å²) in [6.45, 7) is 5.81. The standard InChI is InChI=1S/C21H23NO5/c1-4-7-16-10-15(11-19(25-3)21(16)27-14-20(23)24)13-22-17-8-6-9-18(12-17)26-5-2/h4,6,8-13H,1,5,7,14H2,2-3H3,(H,23,24). The van der Waals surface area contributed by atoms with Crippen LogP contribution < -0.4 is 14.2 Å². The van der Waals surface area contributed by atoms with Gasteiger partial charge >= 0.3 is 5.97 Å². The van der Waals surface area contributed by atoms with Crippen molar-refractivity contribution in [3.8, 4) is 17.2 Å². The zero-order valence-electron chi connectivity index (χ0n) is 15.5. The molecule has 0 fully saturated rings. The maximum absolute atomic E-state index is 10.8. The summed E-state index contributed by atoms with van der Waals surface area (Å²) in [5.74, 6) is 0.548. The fourth-order valence-corrected chi connectivity index (χ4v) is 2.48. The average Bonchev–Trinajstić information content (AvgIpc) is 2.65. The van der Waals surface area contributed by atoms with Gasteiger partial charge in [-0.05, 0) is 43.2 Å². The van der Waals surface area contributed by atoms with Crippen LogP contribution in [0.5, 0.6) is 17.2 Å². The largest absolute Gasteiger partial charge is 0.494 e. The number of aliphatic imine (C=N–C) groups is 1. The predicted octanol–water partition coefficient (Wildman–Crippen LogP) is 4.04. The Bertz CT molecular complexity index is 829. The van der Waals surface area contributed by atoms with Crippen LogP contribution in [0.3, 0.4) is 0 Å². The first-order chi connectivity index (χ1) is 13.1. The first-order valence-corrected chi connectivity index (χ1v) is 8.50. The van der Waals surface area contributed by atoms with Crippen LogP contribution in [-0.4, -0.2) is 37.6 Å². The van der Waals surface area contributed by atoms with Crippen molar-refractivity contribution in [3.05, 3.63) is 60.2 Å². The lowest BCUT2D eigenvalue weighted by molar-refractivity contribution is -0.139. The average molecular weight is 369 g/mol. The molecular weight excluding hydrogens is 346 g/mol. The molecule has 0 unspecified atom stereocenters. The normalized spacial score (nSPS) is 10.6. The summed E-state index contributed by atoms with van der Waals surface area (Å²) in [4.78, 5) is 15.3. The van der Waals surface area contributed by atoms with Gasteiger partial charge in [-0.25, -0.2) is 4.79 Å². The third kappa shape index (κ3) is 5.88. The van der Waals surface area contributed by atoms with Crippen LogP contribution >= 0.6 is 0 Å². The third-order valence-corrected chi connectivity index (χ3v) is 3.57. The summed E-state index contributed by atoms with van der Waals surface area (Å²) >= 11 is 0. The third-order valence-electron chi connectivity index (χ3n) is 3.57. The molecule has 0 spiro atoms. The molecule has 0 amide bonds. The van der Waals surface area contributed by atoms with Crippen molar-refractivity contribution >= 4 is 17.9 Å². The van der Waals surface area contributed by atoms with E-state index in [9.17, 15) is 4.79 Å². The van der Waals surface area contributed by atoms with E-state index >= 15 is 0 Å². The zero-order valence-corrected chi connectivity index (χ0v) is 15.5. The highest BCUT2D eigenvalue weighted by atomic mass is 16.5. The summed E-state index contributed by atoms with van der Waals surface area (Å²) in [6, 6.07) is 11.1. The Kier molecular flexibility index (Phi) is 7.43. The van der Waals surface area contributed by atoms with Crippen LogP contribution in [-0.2, 0) is 11.2 Å². The number of carboxylic acid groups (broad SMARTS) is 1. The van der Waals surface area contributed by atoms with Gasteiger partial charge in [-0.2, -0.15) is 0 Å². The predicted molar refractivity (Wildman–Crippen MR) is 105 cm³/mol. The Morgan fingerprint density at radius 1 is 1.26 bits per heavy atom. The van der Waals surface area contributed by atoms with Crippen molar-refractivity contribution in [2.75, 3.05) is 20.3 Å². The second-order valence-electron chi connectivity index (χ2n) is 5.58. The molecule has 2 aromatic rings. The SMILES string of the molecule is C=CCc1cc(C=Nc2cccc(OCC)c2)cc(OC)c1OCC(=O)O. The van der Waals surface area contributed by atoms with Gasteiger partial charge in [-0.1, -0.05) is 12.1 Å². The van der Waals surface area contributed by atoms with Crippen molar-refractivity contribution < 1.29 is 24.1 Å². The highest BCUT2D eigenvalue weighted by Gasteiger charge is 2.13. The van der Waals surface area contributed by atoms with Crippen molar-refractivity contribution in [1.82, 2.24) is 0 Å². The molecule has 0 aromatic heterocycles. The van der Waals surface area contributed by atoms with E-state index in [1.54, 1.807) is 18.4 Å². The molecule has 1 N–H and O–H groups in total. The fraction of sp³-hybridized carbons (Fsp3) is 0.238. The minimum Gasteiger partial charge on any atom is -0.494 e. The van der Waals surface area contributed by atoms with Crippen molar-refractivity contribution in [2.24, 2.45) is 4.99 Å². The summed E-state index contributed by atoms with van der Waals surface area (Å²) in [7, 11) is 1.51. The van der Waals surface area contributed by atoms with Crippen LogP contribution in [0.4, 0.5) is 5.69 Å². The number of ether oxygens (including phenoxy) is 3. The van der Waals surface area contributed by atoms with Crippen LogP contribution in [0.1, 0.15) is 18.1 Å². The highest BCUT2D eigenvalue weighted by Crippen LogP contribution is 2.33. The molecule has 142 valence electrons. The summed E-state index contributed by atoms with van der Waals surface area (Å²) in [5.41, 5.74) is 2.33. The Labute approximate surface area is 158 Å². The van der Waals surface area contributed by atoms with E-state index in [0.29, 0.717) is 24.5 Å². The monoisotopic (exact) mass is 369 g/mol. The molecule has 6 nitrogen and oxygen atoms in total. The Balaban J connectivity index is 2.33. The van der Waals surface area contributed by atoms with Crippen molar-refractivity contribution in [3.63, 3.8) is 0 Å². The first-order valence-electron chi connectivity index (χ1n) is 8.50. The Morgan fingerprint density at radius 3 is 2.74 bits per heavy atom. The van der Waals surface area contributed by atoms with Gasteiger partial charge in [-0.3, -0.25) is 4.99 Å². The number of aliphatic carboxylic acids is 1. The number of benzene rings is 2. The second kappa shape index (κ2) is 10.0. The van der Waals surface area contributed by atoms with Gasteiger partial charge < -0.3 is 19.3 Å². The Morgan fingerprint density at radius 2 is 2.07 bits per heavy atom. The van der Waals surface area contributed by atoms with E-state index in [1.807, 2.05) is 37.3 Å². The second-order valence-corrected chi connectivity index (χ2v) is 5.58.